The molecule has 5 heteroatoms. The van der Waals surface area contributed by atoms with E-state index in [0.717, 1.165) is 30.8 Å². The van der Waals surface area contributed by atoms with Gasteiger partial charge in [-0.15, -0.1) is 0 Å². The largest absolute Gasteiger partial charge is 0.409 e. The number of unbranched alkanes of at least 4 members (excludes halogenated alkanes) is 1. The Bertz CT molecular complexity index is 474. The third-order valence-corrected chi connectivity index (χ3v) is 4.06. The van der Waals surface area contributed by atoms with Crippen LogP contribution in [0.15, 0.2) is 29.4 Å². The van der Waals surface area contributed by atoms with Crippen LogP contribution in [0.5, 0.6) is 0 Å². The van der Waals surface area contributed by atoms with Crippen molar-refractivity contribution in [2.45, 2.75) is 46.1 Å². The minimum absolute atomic E-state index is 0.257. The standard InChI is InChI=1S/C16H26ClN3O/c1-12(13-7-6-8-14(17)11-13)19-10-5-4-9-16(2,3)15(18)20-21/h6-8,11-12,19,21H,4-5,9-10H2,1-3H3,(H2,18,20)/t12-/m1/s1. The zero-order valence-corrected chi connectivity index (χ0v) is 13.8. The number of benzene rings is 1. The lowest BCUT2D eigenvalue weighted by Gasteiger charge is -2.22. The molecule has 0 spiro atoms. The van der Waals surface area contributed by atoms with E-state index in [1.807, 2.05) is 32.0 Å². The molecule has 1 aromatic carbocycles. The second-order valence-electron chi connectivity index (χ2n) is 6.06. The highest BCUT2D eigenvalue weighted by Gasteiger charge is 2.22. The Morgan fingerprint density at radius 2 is 2.14 bits per heavy atom. The molecule has 0 aliphatic carbocycles. The van der Waals surface area contributed by atoms with Crippen molar-refractivity contribution < 1.29 is 5.21 Å². The summed E-state index contributed by atoms with van der Waals surface area (Å²) >= 11 is 6.00. The number of amidine groups is 1. The first-order chi connectivity index (χ1) is 9.86. The quantitative estimate of drug-likeness (QED) is 0.224. The number of nitrogens with one attached hydrogen (secondary N) is 1. The summed E-state index contributed by atoms with van der Waals surface area (Å²) in [5.41, 5.74) is 6.61. The molecule has 0 fully saturated rings. The van der Waals surface area contributed by atoms with E-state index in [-0.39, 0.29) is 11.5 Å². The fraction of sp³-hybridized carbons (Fsp3) is 0.562. The minimum atomic E-state index is -0.257. The van der Waals surface area contributed by atoms with Crippen molar-refractivity contribution in [3.8, 4) is 0 Å². The molecule has 0 saturated heterocycles. The minimum Gasteiger partial charge on any atom is -0.409 e. The van der Waals surface area contributed by atoms with Crippen molar-refractivity contribution in [3.05, 3.63) is 34.9 Å². The second kappa shape index (κ2) is 8.25. The van der Waals surface area contributed by atoms with Gasteiger partial charge < -0.3 is 16.3 Å². The highest BCUT2D eigenvalue weighted by Crippen LogP contribution is 2.23. The molecule has 0 saturated carbocycles. The van der Waals surface area contributed by atoms with Gasteiger partial charge in [0.2, 0.25) is 0 Å². The van der Waals surface area contributed by atoms with Gasteiger partial charge in [-0.25, -0.2) is 0 Å². The van der Waals surface area contributed by atoms with Crippen molar-refractivity contribution >= 4 is 17.4 Å². The van der Waals surface area contributed by atoms with Crippen LogP contribution in [0.2, 0.25) is 5.02 Å². The summed E-state index contributed by atoms with van der Waals surface area (Å²) in [6, 6.07) is 8.19. The summed E-state index contributed by atoms with van der Waals surface area (Å²) in [7, 11) is 0. The Labute approximate surface area is 132 Å². The summed E-state index contributed by atoms with van der Waals surface area (Å²) in [6.07, 6.45) is 2.97. The van der Waals surface area contributed by atoms with Gasteiger partial charge in [0.25, 0.3) is 0 Å². The summed E-state index contributed by atoms with van der Waals surface area (Å²) in [5.74, 6) is 0.294. The Kier molecular flexibility index (Phi) is 6.99. The predicted octanol–water partition coefficient (Wildman–Crippen LogP) is 3.93. The number of rotatable bonds is 8. The fourth-order valence-corrected chi connectivity index (χ4v) is 2.37. The van der Waals surface area contributed by atoms with Crippen molar-refractivity contribution in [1.82, 2.24) is 5.32 Å². The third-order valence-electron chi connectivity index (χ3n) is 3.83. The number of oxime groups is 1. The van der Waals surface area contributed by atoms with E-state index < -0.39 is 0 Å². The molecule has 0 radical (unpaired) electrons. The van der Waals surface area contributed by atoms with Crippen LogP contribution in [0.1, 0.15) is 51.6 Å². The summed E-state index contributed by atoms with van der Waals surface area (Å²) in [6.45, 7) is 7.04. The van der Waals surface area contributed by atoms with Gasteiger partial charge in [0.05, 0.1) is 0 Å². The lowest BCUT2D eigenvalue weighted by Crippen LogP contribution is -2.32. The Hall–Kier alpha value is -1.26. The van der Waals surface area contributed by atoms with Crippen molar-refractivity contribution in [2.24, 2.45) is 16.3 Å². The smallest absolute Gasteiger partial charge is 0.144 e. The van der Waals surface area contributed by atoms with Gasteiger partial charge >= 0.3 is 0 Å². The van der Waals surface area contributed by atoms with Gasteiger partial charge in [-0.05, 0) is 44.0 Å². The van der Waals surface area contributed by atoms with E-state index >= 15 is 0 Å². The molecule has 1 rings (SSSR count). The maximum Gasteiger partial charge on any atom is 0.144 e. The zero-order valence-electron chi connectivity index (χ0n) is 13.1. The molecular formula is C16H26ClN3O. The van der Waals surface area contributed by atoms with Crippen LogP contribution < -0.4 is 11.1 Å². The van der Waals surface area contributed by atoms with Crippen LogP contribution in [0.25, 0.3) is 0 Å². The molecule has 0 heterocycles. The number of hydrogen-bond acceptors (Lipinski definition) is 3. The van der Waals surface area contributed by atoms with Crippen LogP contribution in [0.4, 0.5) is 0 Å². The first-order valence-corrected chi connectivity index (χ1v) is 7.71. The van der Waals surface area contributed by atoms with Crippen LogP contribution in [0, 0.1) is 5.41 Å². The molecule has 0 amide bonds. The third kappa shape index (κ3) is 5.94. The average Bonchev–Trinajstić information content (AvgIpc) is 2.45. The van der Waals surface area contributed by atoms with E-state index in [1.165, 1.54) is 5.56 Å². The van der Waals surface area contributed by atoms with Gasteiger partial charge in [-0.2, -0.15) is 0 Å². The van der Waals surface area contributed by atoms with Crippen LogP contribution in [0.3, 0.4) is 0 Å². The summed E-state index contributed by atoms with van der Waals surface area (Å²) in [5, 5.41) is 16.1. The van der Waals surface area contributed by atoms with Crippen LogP contribution in [-0.4, -0.2) is 17.6 Å². The summed E-state index contributed by atoms with van der Waals surface area (Å²) < 4.78 is 0. The van der Waals surface area contributed by atoms with E-state index in [9.17, 15) is 0 Å². The SMILES string of the molecule is C[C@@H](NCCCCC(C)(C)/C(N)=N/O)c1cccc(Cl)c1. The van der Waals surface area contributed by atoms with Gasteiger partial charge in [-0.1, -0.05) is 49.2 Å². The Morgan fingerprint density at radius 3 is 2.76 bits per heavy atom. The second-order valence-corrected chi connectivity index (χ2v) is 6.49. The van der Waals surface area contributed by atoms with Crippen LogP contribution in [-0.2, 0) is 0 Å². The lowest BCUT2D eigenvalue weighted by atomic mass is 9.86. The molecule has 4 nitrogen and oxygen atoms in total. The monoisotopic (exact) mass is 311 g/mol. The Balaban J connectivity index is 2.29. The topological polar surface area (TPSA) is 70.6 Å². The first-order valence-electron chi connectivity index (χ1n) is 7.33. The van der Waals surface area contributed by atoms with Gasteiger partial charge in [-0.3, -0.25) is 0 Å². The molecule has 118 valence electrons. The maximum absolute atomic E-state index is 8.73. The number of nitrogens with zero attached hydrogens (tertiary/aromatic N) is 1. The van der Waals surface area contributed by atoms with Crippen molar-refractivity contribution in [1.29, 1.82) is 0 Å². The first kappa shape index (κ1) is 17.8. The number of hydrogen-bond donors (Lipinski definition) is 3. The molecule has 0 unspecified atom stereocenters. The van der Waals surface area contributed by atoms with Crippen molar-refractivity contribution in [2.75, 3.05) is 6.54 Å². The number of nitrogens with two attached hydrogens (primary N) is 1. The van der Waals surface area contributed by atoms with E-state index in [1.54, 1.807) is 0 Å². The molecule has 21 heavy (non-hydrogen) atoms. The van der Waals surface area contributed by atoms with Gasteiger partial charge in [0.15, 0.2) is 0 Å². The molecule has 1 aromatic rings. The van der Waals surface area contributed by atoms with E-state index in [0.29, 0.717) is 5.84 Å². The molecule has 0 aliphatic heterocycles. The fourth-order valence-electron chi connectivity index (χ4n) is 2.17. The highest BCUT2D eigenvalue weighted by molar-refractivity contribution is 6.30. The predicted molar refractivity (Wildman–Crippen MR) is 88.9 cm³/mol. The molecule has 4 N–H and O–H groups in total. The number of halogens is 1. The van der Waals surface area contributed by atoms with Crippen LogP contribution >= 0.6 is 11.6 Å². The van der Waals surface area contributed by atoms with Gasteiger partial charge in [0, 0.05) is 16.5 Å². The van der Waals surface area contributed by atoms with Gasteiger partial charge in [0.1, 0.15) is 5.84 Å². The zero-order chi connectivity index (χ0) is 15.9. The molecule has 0 aliphatic rings. The lowest BCUT2D eigenvalue weighted by molar-refractivity contribution is 0.304. The summed E-state index contributed by atoms with van der Waals surface area (Å²) in [4.78, 5) is 0. The van der Waals surface area contributed by atoms with Crippen molar-refractivity contribution in [3.63, 3.8) is 0 Å². The highest BCUT2D eigenvalue weighted by atomic mass is 35.5. The molecule has 1 atom stereocenters. The average molecular weight is 312 g/mol. The normalized spacial score (nSPS) is 14.2. The molecule has 0 aromatic heterocycles. The van der Waals surface area contributed by atoms with E-state index in [2.05, 4.69) is 23.5 Å². The maximum atomic E-state index is 8.73. The molecule has 0 bridgehead atoms. The van der Waals surface area contributed by atoms with E-state index in [4.69, 9.17) is 22.5 Å². The molecular weight excluding hydrogens is 286 g/mol. The Morgan fingerprint density at radius 1 is 1.43 bits per heavy atom.